The monoisotopic (exact) mass is 470 g/mol. The highest BCUT2D eigenvalue weighted by molar-refractivity contribution is 5.99. The largest absolute Gasteiger partial charge is 0.426 e. The Morgan fingerprint density at radius 3 is 2.24 bits per heavy atom. The Kier molecular flexibility index (Phi) is 6.05. The fourth-order valence-corrected chi connectivity index (χ4v) is 3.54. The first-order chi connectivity index (χ1) is 15.1. The van der Waals surface area contributed by atoms with E-state index in [4.69, 9.17) is 0 Å². The number of carbonyl (C=O) groups excluding carboxylic acids is 1. The molecule has 1 aromatic heterocycles. The topological polar surface area (TPSA) is 92.4 Å². The Morgan fingerprint density at radius 1 is 1.06 bits per heavy atom. The average molecular weight is 470 g/mol. The zero-order valence-electron chi connectivity index (χ0n) is 17.7. The molecule has 0 fully saturated rings. The summed E-state index contributed by atoms with van der Waals surface area (Å²) in [5.74, 6) is -3.82. The number of alkyl halides is 3. The minimum atomic E-state index is -5.42. The van der Waals surface area contributed by atoms with Crippen LogP contribution in [0.25, 0.3) is 10.8 Å². The summed E-state index contributed by atoms with van der Waals surface area (Å²) in [6.45, 7) is 3.93. The van der Waals surface area contributed by atoms with Gasteiger partial charge < -0.3 is 14.9 Å². The molecule has 1 amide bonds. The summed E-state index contributed by atoms with van der Waals surface area (Å²) in [5.41, 5.74) is -6.40. The highest BCUT2D eigenvalue weighted by atomic mass is 19.4. The molecule has 11 heteroatoms. The zero-order chi connectivity index (χ0) is 24.8. The molecule has 0 radical (unpaired) electrons. The molecule has 0 saturated carbocycles. The summed E-state index contributed by atoms with van der Waals surface area (Å²) in [4.78, 5) is 24.4. The maximum Gasteiger partial charge on any atom is 0.426 e. The first kappa shape index (κ1) is 24.3. The molecule has 33 heavy (non-hydrogen) atoms. The molecule has 2 N–H and O–H groups in total. The number of nitrogens with one attached hydrogen (secondary N) is 1. The van der Waals surface area contributed by atoms with Crippen LogP contribution in [0.1, 0.15) is 31.5 Å². The maximum atomic E-state index is 13.9. The van der Waals surface area contributed by atoms with Crippen molar-refractivity contribution in [3.8, 4) is 0 Å². The predicted octanol–water partition coefficient (Wildman–Crippen LogP) is 4.37. The quantitative estimate of drug-likeness (QED) is 0.541. The summed E-state index contributed by atoms with van der Waals surface area (Å²) in [6.07, 6.45) is -6.65. The fraction of sp³-hybridized carbons (Fsp3) is 0.318. The molecule has 0 bridgehead atoms. The summed E-state index contributed by atoms with van der Waals surface area (Å²) < 4.78 is 73.5. The Morgan fingerprint density at radius 2 is 1.67 bits per heavy atom. The molecule has 176 valence electrons. The number of halogens is 5. The average Bonchev–Trinajstić information content (AvgIpc) is 2.69. The van der Waals surface area contributed by atoms with Crippen LogP contribution in [0.2, 0.25) is 0 Å². The number of hydrogen-bond donors (Lipinski definition) is 2. The Balaban J connectivity index is 1.98. The van der Waals surface area contributed by atoms with E-state index in [2.05, 4.69) is 9.68 Å². The normalized spacial score (nSPS) is 14.2. The van der Waals surface area contributed by atoms with Crippen LogP contribution in [-0.4, -0.2) is 27.9 Å². The third-order valence-corrected chi connectivity index (χ3v) is 5.34. The van der Waals surface area contributed by atoms with Crippen LogP contribution in [-0.2, 0) is 10.2 Å². The Labute approximate surface area is 184 Å². The van der Waals surface area contributed by atoms with Crippen molar-refractivity contribution in [2.24, 2.45) is 0 Å². The van der Waals surface area contributed by atoms with E-state index in [1.165, 1.54) is 39.0 Å². The standard InChI is InChI=1S/C22H19F5N2O4/c1-11-17-9-15(4-5-16(17)18(30)33-29-11)28-19(31)21(32,22(25,26)27)10-20(2,3)12-6-13(23)8-14(24)7-12/h4-9,32H,10H2,1-3H3,(H,28,31). The van der Waals surface area contributed by atoms with Gasteiger partial charge in [0.15, 0.2) is 0 Å². The smallest absolute Gasteiger partial charge is 0.373 e. The second-order valence-corrected chi connectivity index (χ2v) is 8.35. The van der Waals surface area contributed by atoms with Crippen molar-refractivity contribution in [3.05, 3.63) is 69.7 Å². The van der Waals surface area contributed by atoms with Gasteiger partial charge in [-0.15, -0.1) is 0 Å². The Bertz CT molecular complexity index is 1270. The van der Waals surface area contributed by atoms with Crippen molar-refractivity contribution in [2.75, 3.05) is 5.32 Å². The van der Waals surface area contributed by atoms with Crippen molar-refractivity contribution < 1.29 is 36.4 Å². The number of amides is 1. The summed E-state index contributed by atoms with van der Waals surface area (Å²) >= 11 is 0. The van der Waals surface area contributed by atoms with Crippen molar-refractivity contribution in [1.82, 2.24) is 5.16 Å². The molecule has 0 aliphatic rings. The molecule has 0 aliphatic carbocycles. The third-order valence-electron chi connectivity index (χ3n) is 5.34. The van der Waals surface area contributed by atoms with E-state index in [0.29, 0.717) is 6.07 Å². The molecular weight excluding hydrogens is 451 g/mol. The lowest BCUT2D eigenvalue weighted by Gasteiger charge is -2.36. The number of benzene rings is 2. The van der Waals surface area contributed by atoms with Crippen molar-refractivity contribution in [1.29, 1.82) is 0 Å². The van der Waals surface area contributed by atoms with Crippen LogP contribution in [0, 0.1) is 18.6 Å². The number of nitrogens with zero attached hydrogens (tertiary/aromatic N) is 1. The number of aromatic nitrogens is 1. The summed E-state index contributed by atoms with van der Waals surface area (Å²) in [6, 6.07) is 5.85. The predicted molar refractivity (Wildman–Crippen MR) is 109 cm³/mol. The van der Waals surface area contributed by atoms with Crippen LogP contribution in [0.3, 0.4) is 0 Å². The highest BCUT2D eigenvalue weighted by Crippen LogP contribution is 2.42. The molecule has 0 spiro atoms. The third kappa shape index (κ3) is 4.72. The molecule has 0 aliphatic heterocycles. The molecular formula is C22H19F5N2O4. The van der Waals surface area contributed by atoms with Gasteiger partial charge in [-0.25, -0.2) is 13.6 Å². The van der Waals surface area contributed by atoms with Crippen LogP contribution < -0.4 is 10.9 Å². The highest BCUT2D eigenvalue weighted by Gasteiger charge is 2.61. The SMILES string of the molecule is Cc1noc(=O)c2ccc(NC(=O)C(O)(CC(C)(C)c3cc(F)cc(F)c3)C(F)(F)F)cc12. The number of hydrogen-bond acceptors (Lipinski definition) is 5. The lowest BCUT2D eigenvalue weighted by molar-refractivity contribution is -0.254. The molecule has 6 nitrogen and oxygen atoms in total. The van der Waals surface area contributed by atoms with Gasteiger partial charge in [-0.2, -0.15) is 13.2 Å². The number of anilines is 1. The Hall–Kier alpha value is -3.34. The second-order valence-electron chi connectivity index (χ2n) is 8.35. The van der Waals surface area contributed by atoms with Crippen LogP contribution in [0.4, 0.5) is 27.6 Å². The number of carbonyl (C=O) groups is 1. The van der Waals surface area contributed by atoms with Gasteiger partial charge in [-0.3, -0.25) is 4.79 Å². The van der Waals surface area contributed by atoms with E-state index >= 15 is 0 Å². The lowest BCUT2D eigenvalue weighted by Crippen LogP contribution is -2.57. The summed E-state index contributed by atoms with van der Waals surface area (Å²) in [5, 5.41) is 16.4. The molecule has 3 rings (SSSR count). The van der Waals surface area contributed by atoms with Gasteiger partial charge in [-0.1, -0.05) is 19.0 Å². The number of rotatable bonds is 5. The van der Waals surface area contributed by atoms with Gasteiger partial charge in [0, 0.05) is 23.6 Å². The maximum absolute atomic E-state index is 13.9. The molecule has 1 heterocycles. The molecule has 3 aromatic rings. The first-order valence-corrected chi connectivity index (χ1v) is 9.61. The van der Waals surface area contributed by atoms with E-state index < -0.39 is 46.8 Å². The zero-order valence-corrected chi connectivity index (χ0v) is 17.7. The minimum absolute atomic E-state index is 0.0980. The van der Waals surface area contributed by atoms with Crippen LogP contribution in [0.15, 0.2) is 45.7 Å². The fourth-order valence-electron chi connectivity index (χ4n) is 3.54. The molecule has 1 unspecified atom stereocenters. The second kappa shape index (κ2) is 8.22. The number of fused-ring (bicyclic) bond motifs is 1. The molecule has 2 aromatic carbocycles. The van der Waals surface area contributed by atoms with Crippen molar-refractivity contribution in [2.45, 2.75) is 44.4 Å². The number of aryl methyl sites for hydroxylation is 1. The van der Waals surface area contributed by atoms with Crippen molar-refractivity contribution >= 4 is 22.4 Å². The molecule has 1 atom stereocenters. The van der Waals surface area contributed by atoms with Gasteiger partial charge in [-0.05, 0) is 48.2 Å². The van der Waals surface area contributed by atoms with Gasteiger partial charge in [0.1, 0.15) is 11.6 Å². The van der Waals surface area contributed by atoms with Crippen LogP contribution in [0.5, 0.6) is 0 Å². The van der Waals surface area contributed by atoms with E-state index in [1.54, 1.807) is 0 Å². The van der Waals surface area contributed by atoms with Gasteiger partial charge in [0.2, 0.25) is 5.60 Å². The van der Waals surface area contributed by atoms with E-state index in [9.17, 15) is 36.6 Å². The van der Waals surface area contributed by atoms with E-state index in [1.807, 2.05) is 5.32 Å². The molecule has 0 saturated heterocycles. The lowest BCUT2D eigenvalue weighted by atomic mass is 9.74. The van der Waals surface area contributed by atoms with Crippen molar-refractivity contribution in [3.63, 3.8) is 0 Å². The van der Waals surface area contributed by atoms with Gasteiger partial charge >= 0.3 is 11.8 Å². The first-order valence-electron chi connectivity index (χ1n) is 9.61. The van der Waals surface area contributed by atoms with E-state index in [0.717, 1.165) is 12.1 Å². The van der Waals surface area contributed by atoms with E-state index in [-0.39, 0.29) is 27.7 Å². The van der Waals surface area contributed by atoms with Gasteiger partial charge in [0.25, 0.3) is 5.91 Å². The van der Waals surface area contributed by atoms with Gasteiger partial charge in [0.05, 0.1) is 11.1 Å². The minimum Gasteiger partial charge on any atom is -0.373 e. The van der Waals surface area contributed by atoms with Crippen LogP contribution >= 0.6 is 0 Å². The summed E-state index contributed by atoms with van der Waals surface area (Å²) in [7, 11) is 0. The number of aliphatic hydroxyl groups is 1.